The molecule has 0 aliphatic rings. The van der Waals surface area contributed by atoms with Gasteiger partial charge in [0.25, 0.3) is 0 Å². The Balaban J connectivity index is 0.00000200. The molecule has 1 aromatic carbocycles. The molecule has 0 saturated carbocycles. The average Bonchev–Trinajstić information content (AvgIpc) is 2.86. The summed E-state index contributed by atoms with van der Waals surface area (Å²) in [5.74, 6) is 1.22. The standard InChI is InChI=1S/C15H18FNO2.ClH/c1-15(2,10-18)17-9-13-7-8-14(19-13)11-3-5-12(16)6-4-11;/h3-8,17-18H,9-10H2,1-2H3;1H/p-1. The normalized spacial score (nSPS) is 11.2. The summed E-state index contributed by atoms with van der Waals surface area (Å²) in [6, 6.07) is 9.91. The van der Waals surface area contributed by atoms with E-state index >= 15 is 0 Å². The van der Waals surface area contributed by atoms with E-state index in [0.29, 0.717) is 12.3 Å². The van der Waals surface area contributed by atoms with Gasteiger partial charge in [0.15, 0.2) is 0 Å². The lowest BCUT2D eigenvalue weighted by Gasteiger charge is -2.22. The SMILES string of the molecule is CC(C)(CO)NCc1ccc(-c2ccc(F)cc2)o1.[Cl-]. The lowest BCUT2D eigenvalue weighted by Crippen LogP contribution is -3.00. The largest absolute Gasteiger partial charge is 1.00 e. The Kier molecular flexibility index (Phi) is 5.74. The second kappa shape index (κ2) is 6.88. The number of halogens is 2. The molecule has 3 nitrogen and oxygen atoms in total. The highest BCUT2D eigenvalue weighted by Crippen LogP contribution is 2.22. The van der Waals surface area contributed by atoms with Crippen molar-refractivity contribution in [3.05, 3.63) is 48.0 Å². The lowest BCUT2D eigenvalue weighted by atomic mass is 10.1. The molecule has 1 aromatic heterocycles. The summed E-state index contributed by atoms with van der Waals surface area (Å²) in [5.41, 5.74) is 0.497. The monoisotopic (exact) mass is 298 g/mol. The van der Waals surface area contributed by atoms with Crippen LogP contribution in [0.15, 0.2) is 40.8 Å². The van der Waals surface area contributed by atoms with Gasteiger partial charge in [-0.2, -0.15) is 0 Å². The Labute approximate surface area is 124 Å². The first-order chi connectivity index (χ1) is 9.00. The van der Waals surface area contributed by atoms with Crippen molar-refractivity contribution in [2.45, 2.75) is 25.9 Å². The van der Waals surface area contributed by atoms with Gasteiger partial charge in [0.05, 0.1) is 13.2 Å². The van der Waals surface area contributed by atoms with E-state index in [-0.39, 0.29) is 30.4 Å². The van der Waals surface area contributed by atoms with Crippen molar-refractivity contribution in [2.75, 3.05) is 6.61 Å². The molecule has 0 amide bonds. The van der Waals surface area contributed by atoms with Crippen LogP contribution in [0.4, 0.5) is 4.39 Å². The average molecular weight is 299 g/mol. The van der Waals surface area contributed by atoms with Gasteiger partial charge >= 0.3 is 0 Å². The van der Waals surface area contributed by atoms with E-state index in [2.05, 4.69) is 5.32 Å². The molecule has 0 atom stereocenters. The predicted octanol–water partition coefficient (Wildman–Crippen LogP) is -0.0498. The van der Waals surface area contributed by atoms with Crippen molar-refractivity contribution < 1.29 is 26.3 Å². The molecule has 2 N–H and O–H groups in total. The molecule has 0 aliphatic carbocycles. The van der Waals surface area contributed by atoms with Crippen LogP contribution in [-0.4, -0.2) is 17.3 Å². The van der Waals surface area contributed by atoms with Crippen molar-refractivity contribution >= 4 is 0 Å². The zero-order valence-corrected chi connectivity index (χ0v) is 12.2. The van der Waals surface area contributed by atoms with Crippen LogP contribution >= 0.6 is 0 Å². The second-order valence-electron chi connectivity index (χ2n) is 5.17. The van der Waals surface area contributed by atoms with Gasteiger partial charge in [-0.15, -0.1) is 0 Å². The van der Waals surface area contributed by atoms with Crippen LogP contribution in [0, 0.1) is 5.82 Å². The molecule has 0 spiro atoms. The Morgan fingerprint density at radius 2 is 1.80 bits per heavy atom. The number of hydrogen-bond acceptors (Lipinski definition) is 3. The highest BCUT2D eigenvalue weighted by atomic mass is 35.5. The minimum Gasteiger partial charge on any atom is -1.00 e. The minimum absolute atomic E-state index is 0. The Hall–Kier alpha value is -1.36. The van der Waals surface area contributed by atoms with Crippen molar-refractivity contribution in [3.8, 4) is 11.3 Å². The quantitative estimate of drug-likeness (QED) is 0.814. The summed E-state index contributed by atoms with van der Waals surface area (Å²) in [5, 5.41) is 12.3. The highest BCUT2D eigenvalue weighted by molar-refractivity contribution is 5.57. The Morgan fingerprint density at radius 1 is 1.15 bits per heavy atom. The number of hydrogen-bond donors (Lipinski definition) is 2. The van der Waals surface area contributed by atoms with Crippen LogP contribution in [0.2, 0.25) is 0 Å². The maximum Gasteiger partial charge on any atom is 0.134 e. The topological polar surface area (TPSA) is 45.4 Å². The molecule has 1 heterocycles. The van der Waals surface area contributed by atoms with Gasteiger partial charge in [-0.25, -0.2) is 4.39 Å². The molecule has 0 aliphatic heterocycles. The third-order valence-electron chi connectivity index (χ3n) is 2.93. The third-order valence-corrected chi connectivity index (χ3v) is 2.93. The van der Waals surface area contributed by atoms with Crippen LogP contribution in [0.3, 0.4) is 0 Å². The van der Waals surface area contributed by atoms with E-state index in [9.17, 15) is 4.39 Å². The molecule has 110 valence electrons. The molecule has 5 heteroatoms. The van der Waals surface area contributed by atoms with Gasteiger partial charge in [0.2, 0.25) is 0 Å². The summed E-state index contributed by atoms with van der Waals surface area (Å²) in [7, 11) is 0. The number of aliphatic hydroxyl groups is 1. The van der Waals surface area contributed by atoms with E-state index < -0.39 is 0 Å². The highest BCUT2D eigenvalue weighted by Gasteiger charge is 2.16. The van der Waals surface area contributed by atoms with Crippen LogP contribution in [0.5, 0.6) is 0 Å². The molecule has 0 unspecified atom stereocenters. The third kappa shape index (κ3) is 4.34. The van der Waals surface area contributed by atoms with Crippen LogP contribution in [0.25, 0.3) is 11.3 Å². The van der Waals surface area contributed by atoms with E-state index in [1.807, 2.05) is 26.0 Å². The van der Waals surface area contributed by atoms with E-state index in [0.717, 1.165) is 11.3 Å². The van der Waals surface area contributed by atoms with E-state index in [1.54, 1.807) is 12.1 Å². The Morgan fingerprint density at radius 3 is 2.40 bits per heavy atom. The van der Waals surface area contributed by atoms with Gasteiger partial charge in [-0.3, -0.25) is 0 Å². The Bertz CT molecular complexity index is 537. The van der Waals surface area contributed by atoms with Gasteiger partial charge in [-0.05, 0) is 50.2 Å². The molecular weight excluding hydrogens is 281 g/mol. The van der Waals surface area contributed by atoms with Gasteiger partial charge < -0.3 is 27.2 Å². The molecule has 0 bridgehead atoms. The first-order valence-corrected chi connectivity index (χ1v) is 6.21. The molecular formula is C15H18ClFNO2-. The van der Waals surface area contributed by atoms with Crippen LogP contribution < -0.4 is 17.7 Å². The van der Waals surface area contributed by atoms with E-state index in [4.69, 9.17) is 9.52 Å². The zero-order valence-electron chi connectivity index (χ0n) is 11.5. The fraction of sp³-hybridized carbons (Fsp3) is 0.333. The minimum atomic E-state index is -0.344. The summed E-state index contributed by atoms with van der Waals surface area (Å²) in [4.78, 5) is 0. The number of benzene rings is 1. The molecule has 2 aromatic rings. The van der Waals surface area contributed by atoms with Gasteiger partial charge in [-0.1, -0.05) is 0 Å². The van der Waals surface area contributed by atoms with Gasteiger partial charge in [0.1, 0.15) is 17.3 Å². The molecule has 20 heavy (non-hydrogen) atoms. The van der Waals surface area contributed by atoms with E-state index in [1.165, 1.54) is 12.1 Å². The van der Waals surface area contributed by atoms with Crippen LogP contribution in [0.1, 0.15) is 19.6 Å². The number of aliphatic hydroxyl groups excluding tert-OH is 1. The first kappa shape index (κ1) is 16.7. The smallest absolute Gasteiger partial charge is 0.134 e. The second-order valence-corrected chi connectivity index (χ2v) is 5.17. The lowest BCUT2D eigenvalue weighted by molar-refractivity contribution is -0.00000608. The van der Waals surface area contributed by atoms with Gasteiger partial charge in [0, 0.05) is 11.1 Å². The maximum atomic E-state index is 12.8. The predicted molar refractivity (Wildman–Crippen MR) is 72.1 cm³/mol. The van der Waals surface area contributed by atoms with Crippen molar-refractivity contribution in [1.29, 1.82) is 0 Å². The number of rotatable bonds is 5. The maximum absolute atomic E-state index is 12.8. The number of nitrogens with one attached hydrogen (secondary N) is 1. The number of furan rings is 1. The van der Waals surface area contributed by atoms with Crippen molar-refractivity contribution in [1.82, 2.24) is 5.32 Å². The molecule has 0 fully saturated rings. The first-order valence-electron chi connectivity index (χ1n) is 6.21. The zero-order chi connectivity index (χ0) is 13.9. The fourth-order valence-electron chi connectivity index (χ4n) is 1.62. The fourth-order valence-corrected chi connectivity index (χ4v) is 1.62. The summed E-state index contributed by atoms with van der Waals surface area (Å²) >= 11 is 0. The summed E-state index contributed by atoms with van der Waals surface area (Å²) in [6.45, 7) is 4.42. The summed E-state index contributed by atoms with van der Waals surface area (Å²) in [6.07, 6.45) is 0. The summed E-state index contributed by atoms with van der Waals surface area (Å²) < 4.78 is 18.5. The molecule has 0 radical (unpaired) electrons. The van der Waals surface area contributed by atoms with Crippen LogP contribution in [-0.2, 0) is 6.54 Å². The molecule has 0 saturated heterocycles. The van der Waals surface area contributed by atoms with Crippen molar-refractivity contribution in [3.63, 3.8) is 0 Å². The van der Waals surface area contributed by atoms with Crippen molar-refractivity contribution in [2.24, 2.45) is 0 Å². The molecule has 2 rings (SSSR count).